The summed E-state index contributed by atoms with van der Waals surface area (Å²) >= 11 is 0. The van der Waals surface area contributed by atoms with Gasteiger partial charge < -0.3 is 4.74 Å². The molecule has 112 valence electrons. The molecule has 0 N–H and O–H groups in total. The molecule has 0 aliphatic heterocycles. The number of ether oxygens (including phenoxy) is 1. The van der Waals surface area contributed by atoms with Crippen LogP contribution in [0.2, 0.25) is 0 Å². The average Bonchev–Trinajstić information content (AvgIpc) is 3.34. The number of Topliss-reactive ketones (excluding diaryl/α,β-unsaturated/α-hetero) is 1. The minimum Gasteiger partial charge on any atom is -0.461 e. The lowest BCUT2D eigenvalue weighted by molar-refractivity contribution is -0.148. The van der Waals surface area contributed by atoms with Crippen molar-refractivity contribution in [3.8, 4) is 0 Å². The quantitative estimate of drug-likeness (QED) is 0.778. The molecule has 0 bridgehead atoms. The molecule has 0 aromatic heterocycles. The maximum absolute atomic E-state index is 12.3. The minimum absolute atomic E-state index is 0.0589. The van der Waals surface area contributed by atoms with Gasteiger partial charge in [-0.2, -0.15) is 0 Å². The van der Waals surface area contributed by atoms with Gasteiger partial charge in [-0.3, -0.25) is 9.59 Å². The Labute approximate surface area is 125 Å². The molecule has 21 heavy (non-hydrogen) atoms. The number of esters is 1. The van der Waals surface area contributed by atoms with Crippen LogP contribution in [0.1, 0.15) is 44.1 Å². The molecule has 2 aliphatic rings. The van der Waals surface area contributed by atoms with E-state index < -0.39 is 0 Å². The Balaban J connectivity index is 1.46. The van der Waals surface area contributed by atoms with E-state index >= 15 is 0 Å². The summed E-state index contributed by atoms with van der Waals surface area (Å²) in [6.45, 7) is 0.306. The van der Waals surface area contributed by atoms with Crippen molar-refractivity contribution in [2.24, 2.45) is 17.8 Å². The van der Waals surface area contributed by atoms with Crippen LogP contribution in [0.25, 0.3) is 0 Å². The third kappa shape index (κ3) is 3.52. The van der Waals surface area contributed by atoms with Crippen LogP contribution in [0, 0.1) is 17.8 Å². The van der Waals surface area contributed by atoms with E-state index in [0.29, 0.717) is 18.8 Å². The van der Waals surface area contributed by atoms with Crippen molar-refractivity contribution in [1.29, 1.82) is 0 Å². The molecule has 3 nitrogen and oxygen atoms in total. The molecule has 2 atom stereocenters. The van der Waals surface area contributed by atoms with Crippen molar-refractivity contribution in [2.45, 2.75) is 45.1 Å². The molecule has 0 heterocycles. The molecule has 0 radical (unpaired) electrons. The van der Waals surface area contributed by atoms with Gasteiger partial charge in [0.25, 0.3) is 0 Å². The highest BCUT2D eigenvalue weighted by molar-refractivity contribution is 5.92. The molecular formula is C18H22O3. The fraction of sp³-hybridized carbons (Fsp3) is 0.556. The van der Waals surface area contributed by atoms with Crippen molar-refractivity contribution < 1.29 is 14.3 Å². The zero-order valence-electron chi connectivity index (χ0n) is 12.3. The molecule has 0 unspecified atom stereocenters. The first-order valence-corrected chi connectivity index (χ1v) is 8.00. The van der Waals surface area contributed by atoms with Gasteiger partial charge in [0.1, 0.15) is 12.4 Å². The van der Waals surface area contributed by atoms with Crippen LogP contribution in [0.4, 0.5) is 0 Å². The lowest BCUT2D eigenvalue weighted by Gasteiger charge is -2.20. The van der Waals surface area contributed by atoms with E-state index in [1.54, 1.807) is 0 Å². The van der Waals surface area contributed by atoms with Crippen LogP contribution in [0.15, 0.2) is 30.3 Å². The van der Waals surface area contributed by atoms with E-state index in [2.05, 4.69) is 0 Å². The molecule has 0 spiro atoms. The maximum atomic E-state index is 12.3. The second-order valence-electron chi connectivity index (χ2n) is 6.28. The Morgan fingerprint density at radius 2 is 1.71 bits per heavy atom. The summed E-state index contributed by atoms with van der Waals surface area (Å²) in [5.41, 5.74) is 0.988. The molecule has 0 saturated heterocycles. The average molecular weight is 286 g/mol. The molecule has 3 heteroatoms. The highest BCUT2D eigenvalue weighted by Gasteiger charge is 2.50. The molecule has 3 rings (SSSR count). The predicted octanol–water partition coefficient (Wildman–Crippen LogP) is 3.52. The van der Waals surface area contributed by atoms with Gasteiger partial charge in [-0.05, 0) is 24.8 Å². The van der Waals surface area contributed by atoms with Crippen LogP contribution in [0.3, 0.4) is 0 Å². The molecule has 1 aromatic rings. The molecule has 0 amide bonds. The summed E-state index contributed by atoms with van der Waals surface area (Å²) in [6, 6.07) is 9.66. The number of hydrogen-bond donors (Lipinski definition) is 0. The highest BCUT2D eigenvalue weighted by Crippen LogP contribution is 2.44. The SMILES string of the molecule is O=C(OCc1ccccc1)[C@@H]1C[C@H]1C(=O)C1CCCCC1. The van der Waals surface area contributed by atoms with Crippen LogP contribution < -0.4 is 0 Å². The van der Waals surface area contributed by atoms with Crippen molar-refractivity contribution in [3.63, 3.8) is 0 Å². The van der Waals surface area contributed by atoms with Gasteiger partial charge in [0.15, 0.2) is 0 Å². The number of ketones is 1. The minimum atomic E-state index is -0.201. The van der Waals surface area contributed by atoms with Gasteiger partial charge in [0, 0.05) is 11.8 Å². The summed E-state index contributed by atoms with van der Waals surface area (Å²) in [7, 11) is 0. The van der Waals surface area contributed by atoms with E-state index in [-0.39, 0.29) is 23.7 Å². The largest absolute Gasteiger partial charge is 0.461 e. The summed E-state index contributed by atoms with van der Waals surface area (Å²) in [4.78, 5) is 24.3. The number of benzene rings is 1. The third-order valence-corrected chi connectivity index (χ3v) is 4.69. The molecule has 1 aromatic carbocycles. The lowest BCUT2D eigenvalue weighted by atomic mass is 9.84. The smallest absolute Gasteiger partial charge is 0.310 e. The number of hydrogen-bond acceptors (Lipinski definition) is 3. The Kier molecular flexibility index (Phi) is 4.37. The lowest BCUT2D eigenvalue weighted by Crippen LogP contribution is -2.21. The van der Waals surface area contributed by atoms with Crippen molar-refractivity contribution >= 4 is 11.8 Å². The maximum Gasteiger partial charge on any atom is 0.310 e. The Hall–Kier alpha value is -1.64. The zero-order valence-corrected chi connectivity index (χ0v) is 12.3. The zero-order chi connectivity index (χ0) is 14.7. The van der Waals surface area contributed by atoms with E-state index in [9.17, 15) is 9.59 Å². The van der Waals surface area contributed by atoms with Crippen molar-refractivity contribution in [1.82, 2.24) is 0 Å². The van der Waals surface area contributed by atoms with E-state index in [1.807, 2.05) is 30.3 Å². The van der Waals surface area contributed by atoms with Gasteiger partial charge in [-0.1, -0.05) is 49.6 Å². The summed E-state index contributed by atoms with van der Waals surface area (Å²) in [5, 5.41) is 0. The third-order valence-electron chi connectivity index (χ3n) is 4.69. The molecular weight excluding hydrogens is 264 g/mol. The second-order valence-corrected chi connectivity index (χ2v) is 6.28. The van der Waals surface area contributed by atoms with Crippen molar-refractivity contribution in [2.75, 3.05) is 0 Å². The Bertz CT molecular complexity index is 502. The van der Waals surface area contributed by atoms with Gasteiger partial charge in [0.05, 0.1) is 5.92 Å². The van der Waals surface area contributed by atoms with Gasteiger partial charge >= 0.3 is 5.97 Å². The highest BCUT2D eigenvalue weighted by atomic mass is 16.5. The number of carbonyl (C=O) groups excluding carboxylic acids is 2. The van der Waals surface area contributed by atoms with Crippen LogP contribution >= 0.6 is 0 Å². The standard InChI is InChI=1S/C18H22O3/c19-17(14-9-5-2-6-10-14)15-11-16(15)18(20)21-12-13-7-3-1-4-8-13/h1,3-4,7-8,14-16H,2,5-6,9-12H2/t15-,16-/m1/s1. The normalized spacial score (nSPS) is 25.3. The molecule has 2 aliphatic carbocycles. The van der Waals surface area contributed by atoms with E-state index in [4.69, 9.17) is 4.74 Å². The van der Waals surface area contributed by atoms with E-state index in [1.165, 1.54) is 6.42 Å². The summed E-state index contributed by atoms with van der Waals surface area (Å²) < 4.78 is 5.33. The molecule has 2 saturated carbocycles. The monoisotopic (exact) mass is 286 g/mol. The first kappa shape index (κ1) is 14.3. The Morgan fingerprint density at radius 3 is 2.43 bits per heavy atom. The van der Waals surface area contributed by atoms with Crippen molar-refractivity contribution in [3.05, 3.63) is 35.9 Å². The number of rotatable bonds is 5. The summed E-state index contributed by atoms with van der Waals surface area (Å²) in [5.74, 6) is 0.0829. The van der Waals surface area contributed by atoms with Gasteiger partial charge in [-0.25, -0.2) is 0 Å². The first-order chi connectivity index (χ1) is 10.3. The van der Waals surface area contributed by atoms with Crippen LogP contribution in [-0.4, -0.2) is 11.8 Å². The molecule has 2 fully saturated rings. The van der Waals surface area contributed by atoms with Gasteiger partial charge in [0.2, 0.25) is 0 Å². The van der Waals surface area contributed by atoms with Gasteiger partial charge in [-0.15, -0.1) is 0 Å². The number of carbonyl (C=O) groups is 2. The fourth-order valence-corrected chi connectivity index (χ4v) is 3.30. The van der Waals surface area contributed by atoms with E-state index in [0.717, 1.165) is 31.2 Å². The summed E-state index contributed by atoms with van der Waals surface area (Å²) in [6.07, 6.45) is 6.29. The fourth-order valence-electron chi connectivity index (χ4n) is 3.30. The van der Waals surface area contributed by atoms with Crippen LogP contribution in [-0.2, 0) is 20.9 Å². The van der Waals surface area contributed by atoms with Crippen LogP contribution in [0.5, 0.6) is 0 Å². The Morgan fingerprint density at radius 1 is 1.00 bits per heavy atom. The predicted molar refractivity (Wildman–Crippen MR) is 79.4 cm³/mol. The topological polar surface area (TPSA) is 43.4 Å². The first-order valence-electron chi connectivity index (χ1n) is 8.00. The second kappa shape index (κ2) is 6.42.